The lowest BCUT2D eigenvalue weighted by Gasteiger charge is -2.12. The van der Waals surface area contributed by atoms with Crippen molar-refractivity contribution in [1.82, 2.24) is 14.8 Å². The number of rotatable bonds is 7. The predicted octanol–water partition coefficient (Wildman–Crippen LogP) is 5.58. The summed E-state index contributed by atoms with van der Waals surface area (Å²) in [6.07, 6.45) is 1.76. The average molecular weight is 406 g/mol. The first-order chi connectivity index (χ1) is 14.1. The van der Waals surface area contributed by atoms with E-state index in [1.54, 1.807) is 12.1 Å². The average Bonchev–Trinajstić information content (AvgIpc) is 3.10. The van der Waals surface area contributed by atoms with Gasteiger partial charge in [-0.25, -0.2) is 14.5 Å². The smallest absolute Gasteiger partial charge is 0.336 e. The molecule has 0 bridgehead atoms. The van der Waals surface area contributed by atoms with Crippen LogP contribution < -0.4 is 0 Å². The highest BCUT2D eigenvalue weighted by atomic mass is 16.4. The second-order valence-corrected chi connectivity index (χ2v) is 9.23. The zero-order valence-electron chi connectivity index (χ0n) is 18.5. The number of aromatic nitrogens is 3. The van der Waals surface area contributed by atoms with Crippen molar-refractivity contribution >= 4 is 5.97 Å². The fraction of sp³-hybridized carbons (Fsp3) is 0.400. The second kappa shape index (κ2) is 8.82. The molecule has 0 amide bonds. The maximum Gasteiger partial charge on any atom is 0.336 e. The minimum atomic E-state index is -0.914. The highest BCUT2D eigenvalue weighted by molar-refractivity contribution is 5.95. The van der Waals surface area contributed by atoms with E-state index >= 15 is 0 Å². The Morgan fingerprint density at radius 2 is 1.73 bits per heavy atom. The van der Waals surface area contributed by atoms with E-state index in [2.05, 4.69) is 34.6 Å². The Morgan fingerprint density at radius 3 is 2.33 bits per heavy atom. The molecule has 0 aliphatic heterocycles. The molecule has 1 N–H and O–H groups in total. The molecule has 158 valence electrons. The zero-order valence-corrected chi connectivity index (χ0v) is 18.5. The third kappa shape index (κ3) is 5.15. The number of carboxylic acid groups (broad SMARTS) is 1. The molecule has 5 nitrogen and oxygen atoms in total. The van der Waals surface area contributed by atoms with Crippen LogP contribution in [0.15, 0.2) is 48.5 Å². The summed E-state index contributed by atoms with van der Waals surface area (Å²) < 4.78 is 2.05. The number of benzene rings is 2. The molecule has 3 aromatic rings. The van der Waals surface area contributed by atoms with Gasteiger partial charge in [-0.1, -0.05) is 77.1 Å². The largest absolute Gasteiger partial charge is 0.478 e. The van der Waals surface area contributed by atoms with E-state index in [1.165, 1.54) is 0 Å². The highest BCUT2D eigenvalue weighted by Gasteiger charge is 2.22. The van der Waals surface area contributed by atoms with Crippen LogP contribution >= 0.6 is 0 Å². The zero-order chi connectivity index (χ0) is 21.9. The third-order valence-corrected chi connectivity index (χ3v) is 5.12. The van der Waals surface area contributed by atoms with Crippen molar-refractivity contribution in [2.45, 2.75) is 59.4 Å². The van der Waals surface area contributed by atoms with E-state index in [0.717, 1.165) is 41.3 Å². The maximum absolute atomic E-state index is 11.5. The lowest BCUT2D eigenvalue weighted by molar-refractivity contribution is 0.0697. The number of hydrogen-bond acceptors (Lipinski definition) is 3. The summed E-state index contributed by atoms with van der Waals surface area (Å²) in [7, 11) is 0. The summed E-state index contributed by atoms with van der Waals surface area (Å²) in [6.45, 7) is 11.7. The number of nitrogens with zero attached hydrogens (tertiary/aromatic N) is 3. The summed E-state index contributed by atoms with van der Waals surface area (Å²) in [4.78, 5) is 16.4. The van der Waals surface area contributed by atoms with E-state index in [1.807, 2.05) is 41.1 Å². The van der Waals surface area contributed by atoms with Crippen LogP contribution in [-0.4, -0.2) is 25.8 Å². The van der Waals surface area contributed by atoms with Gasteiger partial charge in [-0.05, 0) is 35.1 Å². The standard InChI is InChI=1S/C25H31N3O2/c1-17(2)14-15-28-22(26-24(27-28)25(3,4)5)16-18-10-12-19(13-11-18)20-8-6-7-9-21(20)23(29)30/h6-13,17H,14-16H2,1-5H3,(H,29,30). The van der Waals surface area contributed by atoms with Crippen LogP contribution in [0.25, 0.3) is 11.1 Å². The van der Waals surface area contributed by atoms with Crippen LogP contribution in [0, 0.1) is 5.92 Å². The fourth-order valence-electron chi connectivity index (χ4n) is 3.29. The lowest BCUT2D eigenvalue weighted by Crippen LogP contribution is -2.14. The molecule has 3 rings (SSSR count). The Hall–Kier alpha value is -2.95. The van der Waals surface area contributed by atoms with Crippen molar-refractivity contribution in [2.75, 3.05) is 0 Å². The van der Waals surface area contributed by atoms with Gasteiger partial charge in [0.2, 0.25) is 0 Å². The van der Waals surface area contributed by atoms with Gasteiger partial charge in [0.1, 0.15) is 5.82 Å². The minimum Gasteiger partial charge on any atom is -0.478 e. The van der Waals surface area contributed by atoms with Crippen molar-refractivity contribution in [1.29, 1.82) is 0 Å². The van der Waals surface area contributed by atoms with Gasteiger partial charge in [-0.3, -0.25) is 0 Å². The Bertz CT molecular complexity index is 1010. The molecule has 0 fully saturated rings. The summed E-state index contributed by atoms with van der Waals surface area (Å²) in [6, 6.07) is 15.2. The van der Waals surface area contributed by atoms with Crippen LogP contribution in [-0.2, 0) is 18.4 Å². The summed E-state index contributed by atoms with van der Waals surface area (Å²) >= 11 is 0. The minimum absolute atomic E-state index is 0.0950. The van der Waals surface area contributed by atoms with Crippen molar-refractivity contribution in [3.05, 3.63) is 71.3 Å². The third-order valence-electron chi connectivity index (χ3n) is 5.12. The van der Waals surface area contributed by atoms with Crippen molar-refractivity contribution in [3.63, 3.8) is 0 Å². The molecule has 0 aliphatic rings. The number of aryl methyl sites for hydroxylation is 1. The maximum atomic E-state index is 11.5. The quantitative estimate of drug-likeness (QED) is 0.557. The molecule has 1 heterocycles. The molecule has 0 radical (unpaired) electrons. The van der Waals surface area contributed by atoms with Crippen LogP contribution in [0.3, 0.4) is 0 Å². The van der Waals surface area contributed by atoms with E-state index in [4.69, 9.17) is 10.1 Å². The normalized spacial score (nSPS) is 11.8. The summed E-state index contributed by atoms with van der Waals surface area (Å²) in [5.41, 5.74) is 2.97. The molecule has 0 saturated carbocycles. The van der Waals surface area contributed by atoms with Gasteiger partial charge in [-0.2, -0.15) is 5.10 Å². The van der Waals surface area contributed by atoms with Crippen molar-refractivity contribution in [2.24, 2.45) is 5.92 Å². The van der Waals surface area contributed by atoms with Gasteiger partial charge in [-0.15, -0.1) is 0 Å². The fourth-order valence-corrected chi connectivity index (χ4v) is 3.29. The molecule has 0 aliphatic carbocycles. The predicted molar refractivity (Wildman–Crippen MR) is 120 cm³/mol. The molecule has 5 heteroatoms. The number of aromatic carboxylic acids is 1. The van der Waals surface area contributed by atoms with E-state index < -0.39 is 5.97 Å². The monoisotopic (exact) mass is 405 g/mol. The van der Waals surface area contributed by atoms with E-state index in [9.17, 15) is 9.90 Å². The van der Waals surface area contributed by atoms with E-state index in [-0.39, 0.29) is 5.41 Å². The molecular weight excluding hydrogens is 374 g/mol. The van der Waals surface area contributed by atoms with Crippen LogP contribution in [0.2, 0.25) is 0 Å². The Morgan fingerprint density at radius 1 is 1.07 bits per heavy atom. The molecule has 0 unspecified atom stereocenters. The molecule has 30 heavy (non-hydrogen) atoms. The topological polar surface area (TPSA) is 68.0 Å². The molecule has 1 aromatic heterocycles. The highest BCUT2D eigenvalue weighted by Crippen LogP contribution is 2.25. The Labute approximate surface area is 178 Å². The Kier molecular flexibility index (Phi) is 6.40. The van der Waals surface area contributed by atoms with Gasteiger partial charge in [0.25, 0.3) is 0 Å². The van der Waals surface area contributed by atoms with Crippen molar-refractivity contribution in [3.8, 4) is 11.1 Å². The molecular formula is C25H31N3O2. The van der Waals surface area contributed by atoms with Crippen LogP contribution in [0.5, 0.6) is 0 Å². The van der Waals surface area contributed by atoms with Gasteiger partial charge in [0, 0.05) is 18.4 Å². The first-order valence-electron chi connectivity index (χ1n) is 10.5. The molecule has 2 aromatic carbocycles. The van der Waals surface area contributed by atoms with E-state index in [0.29, 0.717) is 17.9 Å². The number of hydrogen-bond donors (Lipinski definition) is 1. The Balaban J connectivity index is 1.86. The van der Waals surface area contributed by atoms with Crippen LogP contribution in [0.1, 0.15) is 68.6 Å². The second-order valence-electron chi connectivity index (χ2n) is 9.23. The number of carbonyl (C=O) groups is 1. The van der Waals surface area contributed by atoms with Gasteiger partial charge < -0.3 is 5.11 Å². The number of carboxylic acids is 1. The van der Waals surface area contributed by atoms with Crippen molar-refractivity contribution < 1.29 is 9.90 Å². The molecule has 0 saturated heterocycles. The van der Waals surface area contributed by atoms with Crippen LogP contribution in [0.4, 0.5) is 0 Å². The molecule has 0 spiro atoms. The molecule has 0 atom stereocenters. The first kappa shape index (κ1) is 21.8. The SMILES string of the molecule is CC(C)CCn1nc(C(C)(C)C)nc1Cc1ccc(-c2ccccc2C(=O)O)cc1. The summed E-state index contributed by atoms with van der Waals surface area (Å²) in [5, 5.41) is 14.2. The van der Waals surface area contributed by atoms with Gasteiger partial charge >= 0.3 is 5.97 Å². The lowest BCUT2D eigenvalue weighted by atomic mass is 9.96. The first-order valence-corrected chi connectivity index (χ1v) is 10.5. The summed E-state index contributed by atoms with van der Waals surface area (Å²) in [5.74, 6) is 1.53. The van der Waals surface area contributed by atoms with Gasteiger partial charge in [0.15, 0.2) is 5.82 Å². The van der Waals surface area contributed by atoms with Gasteiger partial charge in [0.05, 0.1) is 5.56 Å².